The lowest BCUT2D eigenvalue weighted by Gasteiger charge is -2.37. The Hall–Kier alpha value is -2.38. The predicted molar refractivity (Wildman–Crippen MR) is 111 cm³/mol. The fraction of sp³-hybridized carbons (Fsp3) is 0.450. The first-order chi connectivity index (χ1) is 13.7. The Kier molecular flexibility index (Phi) is 4.56. The smallest absolute Gasteiger partial charge is 0.224 e. The predicted octanol–water partition coefficient (Wildman–Crippen LogP) is 3.04. The number of anilines is 3. The molecule has 2 aromatic rings. The molecule has 0 radical (unpaired) electrons. The van der Waals surface area contributed by atoms with Crippen LogP contribution in [0.4, 0.5) is 17.5 Å². The summed E-state index contributed by atoms with van der Waals surface area (Å²) in [4.78, 5) is 18.4. The number of guanidine groups is 1. The van der Waals surface area contributed by atoms with Crippen LogP contribution in [-0.4, -0.2) is 46.3 Å². The summed E-state index contributed by atoms with van der Waals surface area (Å²) in [5.74, 6) is 2.47. The molecule has 3 heterocycles. The number of aliphatic hydroxyl groups is 1. The number of hydrogen-bond donors (Lipinski definition) is 2. The molecule has 1 aromatic heterocycles. The summed E-state index contributed by atoms with van der Waals surface area (Å²) < 4.78 is 0. The van der Waals surface area contributed by atoms with Crippen molar-refractivity contribution in [1.82, 2.24) is 9.97 Å². The Morgan fingerprint density at radius 3 is 2.75 bits per heavy atom. The van der Waals surface area contributed by atoms with E-state index in [0.29, 0.717) is 23.6 Å². The largest absolute Gasteiger partial charge is 0.393 e. The zero-order valence-corrected chi connectivity index (χ0v) is 16.3. The maximum Gasteiger partial charge on any atom is 0.224 e. The zero-order chi connectivity index (χ0) is 19.1. The van der Waals surface area contributed by atoms with Gasteiger partial charge in [0, 0.05) is 24.3 Å². The van der Waals surface area contributed by atoms with Crippen LogP contribution in [0.1, 0.15) is 31.2 Å². The molecule has 2 aliphatic heterocycles. The SMILES string of the molecule is O[C@H]1CC[C@H](Nc2ncc3c(n2)N2CCN=C2N(c2ccccc2Cl)C3)CC1. The zero-order valence-electron chi connectivity index (χ0n) is 15.6. The average Bonchev–Trinajstić information content (AvgIpc) is 3.20. The van der Waals surface area contributed by atoms with Crippen molar-refractivity contribution in [3.63, 3.8) is 0 Å². The van der Waals surface area contributed by atoms with Crippen molar-refractivity contribution in [2.45, 2.75) is 44.4 Å². The summed E-state index contributed by atoms with van der Waals surface area (Å²) >= 11 is 6.44. The van der Waals surface area contributed by atoms with Gasteiger partial charge in [-0.25, -0.2) is 4.98 Å². The molecule has 8 heteroatoms. The number of fused-ring (bicyclic) bond motifs is 3. The Labute approximate surface area is 169 Å². The van der Waals surface area contributed by atoms with Crippen molar-refractivity contribution in [2.24, 2.45) is 4.99 Å². The van der Waals surface area contributed by atoms with Gasteiger partial charge in [0.1, 0.15) is 5.82 Å². The van der Waals surface area contributed by atoms with E-state index in [0.717, 1.165) is 61.8 Å². The summed E-state index contributed by atoms with van der Waals surface area (Å²) in [5.41, 5.74) is 2.01. The van der Waals surface area contributed by atoms with Gasteiger partial charge in [0.05, 0.1) is 29.9 Å². The summed E-state index contributed by atoms with van der Waals surface area (Å²) in [6.07, 6.45) is 5.29. The number of nitrogens with one attached hydrogen (secondary N) is 1. The van der Waals surface area contributed by atoms with Crippen LogP contribution < -0.4 is 15.1 Å². The normalized spacial score (nSPS) is 23.9. The second-order valence-electron chi connectivity index (χ2n) is 7.56. The van der Waals surface area contributed by atoms with E-state index >= 15 is 0 Å². The number of hydrogen-bond acceptors (Lipinski definition) is 7. The van der Waals surface area contributed by atoms with E-state index in [1.807, 2.05) is 30.5 Å². The summed E-state index contributed by atoms with van der Waals surface area (Å²) in [6, 6.07) is 8.15. The Bertz CT molecular complexity index is 911. The molecule has 0 atom stereocenters. The molecule has 7 nitrogen and oxygen atoms in total. The molecule has 28 heavy (non-hydrogen) atoms. The molecule has 1 fully saturated rings. The lowest BCUT2D eigenvalue weighted by molar-refractivity contribution is 0.126. The van der Waals surface area contributed by atoms with E-state index in [2.05, 4.69) is 20.1 Å². The summed E-state index contributed by atoms with van der Waals surface area (Å²) in [5, 5.41) is 13.9. The average molecular weight is 399 g/mol. The van der Waals surface area contributed by atoms with Gasteiger partial charge >= 0.3 is 0 Å². The molecular formula is C20H23ClN6O. The van der Waals surface area contributed by atoms with Gasteiger partial charge in [0.2, 0.25) is 11.9 Å². The van der Waals surface area contributed by atoms with Crippen molar-refractivity contribution < 1.29 is 5.11 Å². The van der Waals surface area contributed by atoms with E-state index in [-0.39, 0.29) is 6.10 Å². The van der Waals surface area contributed by atoms with Gasteiger partial charge in [-0.15, -0.1) is 0 Å². The minimum absolute atomic E-state index is 0.165. The lowest BCUT2D eigenvalue weighted by atomic mass is 9.93. The molecule has 5 rings (SSSR count). The second kappa shape index (κ2) is 7.22. The van der Waals surface area contributed by atoms with Crippen LogP contribution in [0.5, 0.6) is 0 Å². The van der Waals surface area contributed by atoms with Gasteiger partial charge < -0.3 is 15.3 Å². The molecule has 3 aliphatic rings. The fourth-order valence-electron chi connectivity index (χ4n) is 4.19. The minimum Gasteiger partial charge on any atom is -0.393 e. The highest BCUT2D eigenvalue weighted by Gasteiger charge is 2.34. The maximum absolute atomic E-state index is 9.70. The van der Waals surface area contributed by atoms with Crippen LogP contribution >= 0.6 is 11.6 Å². The molecule has 1 aliphatic carbocycles. The highest BCUT2D eigenvalue weighted by molar-refractivity contribution is 6.34. The van der Waals surface area contributed by atoms with E-state index in [1.165, 1.54) is 0 Å². The van der Waals surface area contributed by atoms with Crippen LogP contribution in [0.2, 0.25) is 5.02 Å². The van der Waals surface area contributed by atoms with Gasteiger partial charge in [-0.2, -0.15) is 4.98 Å². The molecular weight excluding hydrogens is 376 g/mol. The molecule has 146 valence electrons. The van der Waals surface area contributed by atoms with Gasteiger partial charge in [-0.05, 0) is 37.8 Å². The van der Waals surface area contributed by atoms with Crippen molar-refractivity contribution >= 4 is 35.0 Å². The number of aliphatic imine (C=N–C) groups is 1. The molecule has 0 unspecified atom stereocenters. The Balaban J connectivity index is 1.42. The first-order valence-corrected chi connectivity index (χ1v) is 10.2. The molecule has 2 N–H and O–H groups in total. The Morgan fingerprint density at radius 2 is 1.93 bits per heavy atom. The van der Waals surface area contributed by atoms with E-state index in [4.69, 9.17) is 21.6 Å². The number of para-hydroxylation sites is 1. The second-order valence-corrected chi connectivity index (χ2v) is 7.97. The van der Waals surface area contributed by atoms with Gasteiger partial charge in [0.15, 0.2) is 0 Å². The number of rotatable bonds is 3. The summed E-state index contributed by atoms with van der Waals surface area (Å²) in [6.45, 7) is 2.18. The van der Waals surface area contributed by atoms with Crippen LogP contribution in [0.25, 0.3) is 0 Å². The molecule has 1 saturated carbocycles. The van der Waals surface area contributed by atoms with Crippen molar-refractivity contribution in [3.05, 3.63) is 41.0 Å². The standard InChI is InChI=1S/C20H23ClN6O/c21-16-3-1-2-4-17(16)27-12-13-11-23-19(24-14-5-7-15(28)8-6-14)25-18(13)26-10-9-22-20(26)27/h1-4,11,14-15,28H,5-10,12H2,(H,23,24,25)/t14-,15-. The van der Waals surface area contributed by atoms with Gasteiger partial charge in [-0.3, -0.25) is 9.89 Å². The van der Waals surface area contributed by atoms with Crippen LogP contribution in [-0.2, 0) is 6.54 Å². The first kappa shape index (κ1) is 17.7. The Morgan fingerprint density at radius 1 is 1.11 bits per heavy atom. The van der Waals surface area contributed by atoms with Crippen LogP contribution in [0, 0.1) is 0 Å². The third kappa shape index (κ3) is 3.18. The molecule has 0 amide bonds. The van der Waals surface area contributed by atoms with E-state index in [9.17, 15) is 5.11 Å². The molecule has 1 aromatic carbocycles. The van der Waals surface area contributed by atoms with Crippen LogP contribution in [0.3, 0.4) is 0 Å². The van der Waals surface area contributed by atoms with Gasteiger partial charge in [-0.1, -0.05) is 23.7 Å². The molecule has 0 bridgehead atoms. The number of aromatic nitrogens is 2. The highest BCUT2D eigenvalue weighted by atomic mass is 35.5. The third-order valence-electron chi connectivity index (χ3n) is 5.66. The van der Waals surface area contributed by atoms with E-state index < -0.39 is 0 Å². The van der Waals surface area contributed by atoms with Crippen molar-refractivity contribution in [2.75, 3.05) is 28.2 Å². The quantitative estimate of drug-likeness (QED) is 0.827. The third-order valence-corrected chi connectivity index (χ3v) is 5.98. The van der Waals surface area contributed by atoms with Gasteiger partial charge in [0.25, 0.3) is 0 Å². The lowest BCUT2D eigenvalue weighted by Crippen LogP contribution is -2.47. The topological polar surface area (TPSA) is 76.9 Å². The molecule has 0 spiro atoms. The highest BCUT2D eigenvalue weighted by Crippen LogP contribution is 2.35. The number of aliphatic hydroxyl groups excluding tert-OH is 1. The van der Waals surface area contributed by atoms with Crippen molar-refractivity contribution in [3.8, 4) is 0 Å². The van der Waals surface area contributed by atoms with Crippen LogP contribution in [0.15, 0.2) is 35.5 Å². The molecule has 0 saturated heterocycles. The minimum atomic E-state index is -0.165. The maximum atomic E-state index is 9.70. The number of halogens is 1. The van der Waals surface area contributed by atoms with E-state index in [1.54, 1.807) is 0 Å². The number of nitrogens with zero attached hydrogens (tertiary/aromatic N) is 5. The fourth-order valence-corrected chi connectivity index (χ4v) is 4.42. The summed E-state index contributed by atoms with van der Waals surface area (Å²) in [7, 11) is 0. The van der Waals surface area contributed by atoms with Crippen molar-refractivity contribution in [1.29, 1.82) is 0 Å². The monoisotopic (exact) mass is 398 g/mol. The number of benzene rings is 1. The first-order valence-electron chi connectivity index (χ1n) is 9.83.